The molecular formula is C17H30N2. The Bertz CT molecular complexity index is 387. The summed E-state index contributed by atoms with van der Waals surface area (Å²) in [7, 11) is 2.22. The van der Waals surface area contributed by atoms with Gasteiger partial charge in [-0.3, -0.25) is 0 Å². The van der Waals surface area contributed by atoms with Crippen LogP contribution in [-0.2, 0) is 0 Å². The van der Waals surface area contributed by atoms with E-state index < -0.39 is 0 Å². The molecule has 0 bridgehead atoms. The molecular weight excluding hydrogens is 232 g/mol. The Morgan fingerprint density at radius 2 is 1.89 bits per heavy atom. The molecule has 1 N–H and O–H groups in total. The molecule has 0 aliphatic heterocycles. The predicted octanol–water partition coefficient (Wildman–Crippen LogP) is 3.68. The molecule has 1 aromatic rings. The van der Waals surface area contributed by atoms with Gasteiger partial charge in [-0.15, -0.1) is 0 Å². The highest BCUT2D eigenvalue weighted by Gasteiger charge is 2.17. The lowest BCUT2D eigenvalue weighted by molar-refractivity contribution is 0.225. The summed E-state index contributed by atoms with van der Waals surface area (Å²) in [5.41, 5.74) is 4.16. The largest absolute Gasteiger partial charge is 0.309 e. The van der Waals surface area contributed by atoms with Crippen LogP contribution in [0, 0.1) is 13.8 Å². The van der Waals surface area contributed by atoms with Gasteiger partial charge in [0.25, 0.3) is 0 Å². The van der Waals surface area contributed by atoms with E-state index in [-0.39, 0.29) is 0 Å². The molecule has 108 valence electrons. The maximum absolute atomic E-state index is 3.63. The molecule has 0 spiro atoms. The first kappa shape index (κ1) is 16.2. The summed E-state index contributed by atoms with van der Waals surface area (Å²) >= 11 is 0. The van der Waals surface area contributed by atoms with Gasteiger partial charge in [-0.05, 0) is 51.9 Å². The molecule has 2 heteroatoms. The van der Waals surface area contributed by atoms with Crippen molar-refractivity contribution in [1.82, 2.24) is 10.2 Å². The third-order valence-corrected chi connectivity index (χ3v) is 4.07. The lowest BCUT2D eigenvalue weighted by atomic mass is 9.98. The quantitative estimate of drug-likeness (QED) is 0.806. The molecule has 2 nitrogen and oxygen atoms in total. The molecule has 0 aliphatic rings. The Hall–Kier alpha value is -0.860. The maximum Gasteiger partial charge on any atom is 0.0451 e. The van der Waals surface area contributed by atoms with Gasteiger partial charge in [0.05, 0.1) is 0 Å². The highest BCUT2D eigenvalue weighted by Crippen LogP contribution is 2.20. The first-order chi connectivity index (χ1) is 8.99. The van der Waals surface area contributed by atoms with Crippen LogP contribution in [0.1, 0.15) is 49.9 Å². The normalized spacial score (nSPS) is 14.7. The van der Waals surface area contributed by atoms with Crippen LogP contribution < -0.4 is 5.32 Å². The fraction of sp³-hybridized carbons (Fsp3) is 0.647. The van der Waals surface area contributed by atoms with Crippen molar-refractivity contribution in [3.63, 3.8) is 0 Å². The van der Waals surface area contributed by atoms with Crippen molar-refractivity contribution < 1.29 is 0 Å². The molecule has 2 unspecified atom stereocenters. The van der Waals surface area contributed by atoms with E-state index in [1.54, 1.807) is 0 Å². The average molecular weight is 262 g/mol. The smallest absolute Gasteiger partial charge is 0.0451 e. The topological polar surface area (TPSA) is 15.3 Å². The Morgan fingerprint density at radius 1 is 1.21 bits per heavy atom. The van der Waals surface area contributed by atoms with E-state index in [4.69, 9.17) is 0 Å². The molecule has 0 aliphatic carbocycles. The lowest BCUT2D eigenvalue weighted by Crippen LogP contribution is -2.37. The van der Waals surface area contributed by atoms with Crippen LogP contribution in [0.2, 0.25) is 0 Å². The zero-order chi connectivity index (χ0) is 14.4. The molecule has 0 saturated carbocycles. The van der Waals surface area contributed by atoms with Crippen LogP contribution in [-0.4, -0.2) is 31.1 Å². The van der Waals surface area contributed by atoms with Gasteiger partial charge in [0.1, 0.15) is 0 Å². The third-order valence-electron chi connectivity index (χ3n) is 4.07. The molecule has 1 aromatic carbocycles. The van der Waals surface area contributed by atoms with Crippen LogP contribution in [0.4, 0.5) is 0 Å². The Balaban J connectivity index is 2.87. The summed E-state index contributed by atoms with van der Waals surface area (Å²) in [6, 6.07) is 7.83. The van der Waals surface area contributed by atoms with E-state index in [1.807, 2.05) is 0 Å². The average Bonchev–Trinajstić information content (AvgIpc) is 2.37. The van der Waals surface area contributed by atoms with E-state index in [0.29, 0.717) is 12.1 Å². The van der Waals surface area contributed by atoms with Gasteiger partial charge >= 0.3 is 0 Å². The molecule has 0 amide bonds. The monoisotopic (exact) mass is 262 g/mol. The van der Waals surface area contributed by atoms with Crippen molar-refractivity contribution in [1.29, 1.82) is 0 Å². The summed E-state index contributed by atoms with van der Waals surface area (Å²) in [5.74, 6) is 0. The number of likely N-dealkylation sites (N-methyl/N-ethyl adjacent to an activating group) is 2. The Kier molecular flexibility index (Phi) is 6.53. The highest BCUT2D eigenvalue weighted by atomic mass is 15.1. The number of hydrogen-bond donors (Lipinski definition) is 1. The van der Waals surface area contributed by atoms with E-state index in [0.717, 1.165) is 13.1 Å². The van der Waals surface area contributed by atoms with E-state index in [2.05, 4.69) is 70.1 Å². The van der Waals surface area contributed by atoms with Crippen LogP contribution in [0.5, 0.6) is 0 Å². The van der Waals surface area contributed by atoms with Crippen molar-refractivity contribution in [2.45, 2.75) is 53.1 Å². The van der Waals surface area contributed by atoms with E-state index in [1.165, 1.54) is 23.1 Å². The lowest BCUT2D eigenvalue weighted by Gasteiger charge is -2.30. The SMILES string of the molecule is CCNC(CN(C)C(C)CC)c1ccc(C)cc1C. The predicted molar refractivity (Wildman–Crippen MR) is 84.7 cm³/mol. The van der Waals surface area contributed by atoms with Crippen LogP contribution >= 0.6 is 0 Å². The summed E-state index contributed by atoms with van der Waals surface area (Å²) in [4.78, 5) is 2.45. The molecule has 0 aromatic heterocycles. The second-order valence-electron chi connectivity index (χ2n) is 5.67. The second-order valence-corrected chi connectivity index (χ2v) is 5.67. The summed E-state index contributed by atoms with van der Waals surface area (Å²) in [6.07, 6.45) is 1.20. The van der Waals surface area contributed by atoms with Crippen LogP contribution in [0.15, 0.2) is 18.2 Å². The van der Waals surface area contributed by atoms with Gasteiger partial charge in [0.2, 0.25) is 0 Å². The van der Waals surface area contributed by atoms with E-state index >= 15 is 0 Å². The van der Waals surface area contributed by atoms with Crippen molar-refractivity contribution in [3.05, 3.63) is 34.9 Å². The number of nitrogens with one attached hydrogen (secondary N) is 1. The second kappa shape index (κ2) is 7.66. The standard InChI is InChI=1S/C17H30N2/c1-7-15(5)19(6)12-17(18-8-2)16-10-9-13(3)11-14(16)4/h9-11,15,17-18H,7-8,12H2,1-6H3. The minimum atomic E-state index is 0.421. The summed E-state index contributed by atoms with van der Waals surface area (Å²) in [6.45, 7) is 13.2. The molecule has 0 fully saturated rings. The third kappa shape index (κ3) is 4.63. The van der Waals surface area contributed by atoms with Crippen molar-refractivity contribution >= 4 is 0 Å². The maximum atomic E-state index is 3.63. The Morgan fingerprint density at radius 3 is 2.42 bits per heavy atom. The van der Waals surface area contributed by atoms with Crippen LogP contribution in [0.3, 0.4) is 0 Å². The van der Waals surface area contributed by atoms with Gasteiger partial charge in [-0.1, -0.05) is 37.6 Å². The molecule has 1 rings (SSSR count). The Labute approximate surface area is 119 Å². The fourth-order valence-corrected chi connectivity index (χ4v) is 2.52. The van der Waals surface area contributed by atoms with Gasteiger partial charge in [0.15, 0.2) is 0 Å². The molecule has 2 atom stereocenters. The van der Waals surface area contributed by atoms with Crippen LogP contribution in [0.25, 0.3) is 0 Å². The number of hydrogen-bond acceptors (Lipinski definition) is 2. The van der Waals surface area contributed by atoms with Crippen molar-refractivity contribution in [2.75, 3.05) is 20.1 Å². The first-order valence-corrected chi connectivity index (χ1v) is 7.50. The van der Waals surface area contributed by atoms with E-state index in [9.17, 15) is 0 Å². The van der Waals surface area contributed by atoms with Gasteiger partial charge in [-0.2, -0.15) is 0 Å². The number of nitrogens with zero attached hydrogens (tertiary/aromatic N) is 1. The van der Waals surface area contributed by atoms with Crippen molar-refractivity contribution in [3.8, 4) is 0 Å². The number of benzene rings is 1. The number of rotatable bonds is 7. The fourth-order valence-electron chi connectivity index (χ4n) is 2.52. The minimum Gasteiger partial charge on any atom is -0.309 e. The summed E-state index contributed by atoms with van der Waals surface area (Å²) in [5, 5.41) is 3.63. The minimum absolute atomic E-state index is 0.421. The van der Waals surface area contributed by atoms with Gasteiger partial charge < -0.3 is 10.2 Å². The zero-order valence-electron chi connectivity index (χ0n) is 13.5. The van der Waals surface area contributed by atoms with Gasteiger partial charge in [-0.25, -0.2) is 0 Å². The highest BCUT2D eigenvalue weighted by molar-refractivity contribution is 5.33. The zero-order valence-corrected chi connectivity index (χ0v) is 13.5. The first-order valence-electron chi connectivity index (χ1n) is 7.50. The molecule has 0 heterocycles. The summed E-state index contributed by atoms with van der Waals surface area (Å²) < 4.78 is 0. The molecule has 0 saturated heterocycles. The van der Waals surface area contributed by atoms with Gasteiger partial charge in [0, 0.05) is 18.6 Å². The number of aryl methyl sites for hydroxylation is 2. The molecule has 0 radical (unpaired) electrons. The van der Waals surface area contributed by atoms with Crippen molar-refractivity contribution in [2.24, 2.45) is 0 Å². The molecule has 19 heavy (non-hydrogen) atoms.